The van der Waals surface area contributed by atoms with Gasteiger partial charge in [-0.05, 0) is 25.5 Å². The number of carbonyl (C=O) groups excluding carboxylic acids is 1. The molecule has 8 nitrogen and oxygen atoms in total. The highest BCUT2D eigenvalue weighted by Gasteiger charge is 2.19. The fraction of sp³-hybridized carbons (Fsp3) is 0.211. The van der Waals surface area contributed by atoms with Crippen molar-refractivity contribution in [3.8, 4) is 0 Å². The maximum atomic E-state index is 12.9. The van der Waals surface area contributed by atoms with Crippen molar-refractivity contribution in [1.82, 2.24) is 9.78 Å². The van der Waals surface area contributed by atoms with Gasteiger partial charge in [0.25, 0.3) is 17.2 Å². The van der Waals surface area contributed by atoms with Crippen molar-refractivity contribution in [3.63, 3.8) is 0 Å². The van der Waals surface area contributed by atoms with Gasteiger partial charge in [0.15, 0.2) is 5.69 Å². The van der Waals surface area contributed by atoms with Gasteiger partial charge < -0.3 is 5.32 Å². The zero-order valence-electron chi connectivity index (χ0n) is 14.9. The molecule has 0 saturated carbocycles. The lowest BCUT2D eigenvalue weighted by atomic mass is 10.1. The second-order valence-electron chi connectivity index (χ2n) is 6.08. The standard InChI is InChI=1S/C19H18N4O4/c1-3-11-22-19(25)14-8-5-4-7-13(14)17(21-22)18(24)20-15-9-6-10-16(12(15)2)23(26)27/h4-10H,3,11H2,1-2H3,(H,20,24). The molecule has 0 fully saturated rings. The van der Waals surface area contributed by atoms with E-state index in [9.17, 15) is 19.7 Å². The van der Waals surface area contributed by atoms with Crippen molar-refractivity contribution in [2.24, 2.45) is 0 Å². The van der Waals surface area contributed by atoms with Crippen LogP contribution in [0.25, 0.3) is 10.8 Å². The Kier molecular flexibility index (Phi) is 4.98. The molecule has 0 saturated heterocycles. The molecule has 1 amide bonds. The minimum Gasteiger partial charge on any atom is -0.320 e. The number of amides is 1. The number of nitro benzene ring substituents is 1. The molecule has 2 aromatic carbocycles. The number of benzene rings is 2. The average molecular weight is 366 g/mol. The fourth-order valence-corrected chi connectivity index (χ4v) is 2.90. The molecule has 0 radical (unpaired) electrons. The third-order valence-electron chi connectivity index (χ3n) is 4.27. The summed E-state index contributed by atoms with van der Waals surface area (Å²) in [6.45, 7) is 3.87. The van der Waals surface area contributed by atoms with Crippen LogP contribution in [-0.2, 0) is 6.54 Å². The largest absolute Gasteiger partial charge is 0.320 e. The molecule has 0 unspecified atom stereocenters. The molecule has 3 aromatic rings. The number of aryl methyl sites for hydroxylation is 1. The van der Waals surface area contributed by atoms with Gasteiger partial charge in [0.1, 0.15) is 0 Å². The van der Waals surface area contributed by atoms with Crippen LogP contribution in [0.5, 0.6) is 0 Å². The summed E-state index contributed by atoms with van der Waals surface area (Å²) in [5.74, 6) is -0.528. The van der Waals surface area contributed by atoms with E-state index in [2.05, 4.69) is 10.4 Å². The lowest BCUT2D eigenvalue weighted by Gasteiger charge is -2.12. The number of nitro groups is 1. The quantitative estimate of drug-likeness (QED) is 0.551. The first-order chi connectivity index (χ1) is 12.9. The minimum atomic E-state index is -0.528. The molecule has 0 aliphatic carbocycles. The number of fused-ring (bicyclic) bond motifs is 1. The first-order valence-corrected chi connectivity index (χ1v) is 8.49. The highest BCUT2D eigenvalue weighted by molar-refractivity contribution is 6.11. The second kappa shape index (κ2) is 7.36. The van der Waals surface area contributed by atoms with Crippen molar-refractivity contribution in [3.05, 3.63) is 74.2 Å². The van der Waals surface area contributed by atoms with Gasteiger partial charge in [-0.15, -0.1) is 0 Å². The molecule has 0 spiro atoms. The van der Waals surface area contributed by atoms with Crippen LogP contribution in [0, 0.1) is 17.0 Å². The predicted molar refractivity (Wildman–Crippen MR) is 102 cm³/mol. The highest BCUT2D eigenvalue weighted by atomic mass is 16.6. The highest BCUT2D eigenvalue weighted by Crippen LogP contribution is 2.26. The lowest BCUT2D eigenvalue weighted by Crippen LogP contribution is -2.27. The minimum absolute atomic E-state index is 0.0819. The van der Waals surface area contributed by atoms with Crippen molar-refractivity contribution in [2.75, 3.05) is 5.32 Å². The molecule has 138 valence electrons. The first kappa shape index (κ1) is 18.2. The van der Waals surface area contributed by atoms with E-state index in [-0.39, 0.29) is 16.9 Å². The molecule has 27 heavy (non-hydrogen) atoms. The fourth-order valence-electron chi connectivity index (χ4n) is 2.90. The number of nitrogens with zero attached hydrogens (tertiary/aromatic N) is 3. The van der Waals surface area contributed by atoms with E-state index < -0.39 is 10.8 Å². The summed E-state index contributed by atoms with van der Waals surface area (Å²) in [5.41, 5.74) is 0.442. The van der Waals surface area contributed by atoms with E-state index in [1.165, 1.54) is 16.8 Å². The number of carbonyl (C=O) groups is 1. The smallest absolute Gasteiger partial charge is 0.276 e. The summed E-state index contributed by atoms with van der Waals surface area (Å²) < 4.78 is 1.28. The molecule has 1 aromatic heterocycles. The second-order valence-corrected chi connectivity index (χ2v) is 6.08. The molecule has 8 heteroatoms. The molecule has 0 aliphatic heterocycles. The van der Waals surface area contributed by atoms with Crippen molar-refractivity contribution < 1.29 is 9.72 Å². The van der Waals surface area contributed by atoms with Gasteiger partial charge in [-0.1, -0.05) is 31.2 Å². The summed E-state index contributed by atoms with van der Waals surface area (Å²) in [6, 6.07) is 11.2. The van der Waals surface area contributed by atoms with Gasteiger partial charge in [0.05, 0.1) is 21.6 Å². The SMILES string of the molecule is CCCn1nc(C(=O)Nc2cccc([N+](=O)[O-])c2C)c2ccccc2c1=O. The Morgan fingerprint density at radius 1 is 1.19 bits per heavy atom. The van der Waals surface area contributed by atoms with Gasteiger partial charge in [-0.3, -0.25) is 19.7 Å². The summed E-state index contributed by atoms with van der Waals surface area (Å²) >= 11 is 0. The van der Waals surface area contributed by atoms with E-state index in [4.69, 9.17) is 0 Å². The maximum Gasteiger partial charge on any atom is 0.276 e. The van der Waals surface area contributed by atoms with Crippen LogP contribution in [-0.4, -0.2) is 20.6 Å². The summed E-state index contributed by atoms with van der Waals surface area (Å²) in [7, 11) is 0. The summed E-state index contributed by atoms with van der Waals surface area (Å²) in [6.07, 6.45) is 0.691. The molecule has 0 bridgehead atoms. The number of hydrogen-bond acceptors (Lipinski definition) is 5. The van der Waals surface area contributed by atoms with Gasteiger partial charge in [-0.2, -0.15) is 5.10 Å². The normalized spacial score (nSPS) is 10.7. The number of anilines is 1. The molecule has 1 heterocycles. The molecule has 3 rings (SSSR count). The summed E-state index contributed by atoms with van der Waals surface area (Å²) in [5, 5.41) is 18.9. The first-order valence-electron chi connectivity index (χ1n) is 8.49. The molecular formula is C19H18N4O4. The average Bonchev–Trinajstić information content (AvgIpc) is 2.65. The van der Waals surface area contributed by atoms with Crippen LogP contribution >= 0.6 is 0 Å². The third-order valence-corrected chi connectivity index (χ3v) is 4.27. The van der Waals surface area contributed by atoms with Crippen LogP contribution in [0.15, 0.2) is 47.3 Å². The van der Waals surface area contributed by atoms with Gasteiger partial charge in [0, 0.05) is 18.0 Å². The Balaban J connectivity index is 2.09. The van der Waals surface area contributed by atoms with E-state index in [1.807, 2.05) is 6.92 Å². The Bertz CT molecular complexity index is 1100. The van der Waals surface area contributed by atoms with E-state index in [0.717, 1.165) is 0 Å². The van der Waals surface area contributed by atoms with Crippen LogP contribution in [0.1, 0.15) is 29.4 Å². The van der Waals surface area contributed by atoms with Gasteiger partial charge in [0.2, 0.25) is 0 Å². The van der Waals surface area contributed by atoms with E-state index in [1.54, 1.807) is 37.3 Å². The molecule has 0 aliphatic rings. The predicted octanol–water partition coefficient (Wildman–Crippen LogP) is 3.28. The third kappa shape index (κ3) is 3.41. The number of rotatable bonds is 5. The maximum absolute atomic E-state index is 12.9. The summed E-state index contributed by atoms with van der Waals surface area (Å²) in [4.78, 5) is 36.0. The van der Waals surface area contributed by atoms with Crippen molar-refractivity contribution in [2.45, 2.75) is 26.8 Å². The number of hydrogen-bond donors (Lipinski definition) is 1. The topological polar surface area (TPSA) is 107 Å². The van der Waals surface area contributed by atoms with Gasteiger partial charge in [-0.25, -0.2) is 4.68 Å². The number of aromatic nitrogens is 2. The van der Waals surface area contributed by atoms with E-state index >= 15 is 0 Å². The molecule has 1 N–H and O–H groups in total. The Morgan fingerprint density at radius 3 is 2.56 bits per heavy atom. The molecule has 0 atom stereocenters. The van der Waals surface area contributed by atoms with Crippen LogP contribution in [0.2, 0.25) is 0 Å². The van der Waals surface area contributed by atoms with Crippen LogP contribution in [0.4, 0.5) is 11.4 Å². The number of nitrogens with one attached hydrogen (secondary N) is 1. The molecular weight excluding hydrogens is 348 g/mol. The lowest BCUT2D eigenvalue weighted by molar-refractivity contribution is -0.385. The monoisotopic (exact) mass is 366 g/mol. The van der Waals surface area contributed by atoms with Crippen LogP contribution < -0.4 is 10.9 Å². The Labute approximate surface area is 154 Å². The van der Waals surface area contributed by atoms with Gasteiger partial charge >= 0.3 is 0 Å². The van der Waals surface area contributed by atoms with Crippen molar-refractivity contribution in [1.29, 1.82) is 0 Å². The van der Waals surface area contributed by atoms with Crippen molar-refractivity contribution >= 4 is 28.1 Å². The zero-order chi connectivity index (χ0) is 19.6. The van der Waals surface area contributed by atoms with E-state index in [0.29, 0.717) is 35.0 Å². The van der Waals surface area contributed by atoms with Crippen LogP contribution in [0.3, 0.4) is 0 Å². The Morgan fingerprint density at radius 2 is 1.89 bits per heavy atom. The Hall–Kier alpha value is -3.55. The zero-order valence-corrected chi connectivity index (χ0v) is 14.9.